The highest BCUT2D eigenvalue weighted by Crippen LogP contribution is 2.23. The summed E-state index contributed by atoms with van der Waals surface area (Å²) in [6.45, 7) is 0. The Morgan fingerprint density at radius 1 is 0.962 bits per heavy atom. The zero-order valence-corrected chi connectivity index (χ0v) is 14.6. The third-order valence-electron chi connectivity index (χ3n) is 3.80. The van der Waals surface area contributed by atoms with Crippen LogP contribution in [0.2, 0.25) is 0 Å². The quantitative estimate of drug-likeness (QED) is 0.551. The minimum absolute atomic E-state index is 0.242. The maximum absolute atomic E-state index is 11.5. The number of para-hydroxylation sites is 1. The lowest BCUT2D eigenvalue weighted by Crippen LogP contribution is -1.96. The van der Waals surface area contributed by atoms with Crippen molar-refractivity contribution in [3.05, 3.63) is 66.9 Å². The van der Waals surface area contributed by atoms with Gasteiger partial charge in [0.2, 0.25) is 5.82 Å². The standard InChI is InChI=1S/C18H14N4O3S/c1-26(23,24)15-9-7-13(8-10-15)17-19-18(25-21-17)16-11-12-22(20-16)14-5-3-2-4-6-14/h2-12H,1H3. The van der Waals surface area contributed by atoms with E-state index < -0.39 is 9.84 Å². The molecular formula is C18H14N4O3S. The first-order valence-electron chi connectivity index (χ1n) is 7.76. The van der Waals surface area contributed by atoms with E-state index >= 15 is 0 Å². The number of sulfone groups is 1. The van der Waals surface area contributed by atoms with Gasteiger partial charge in [0.05, 0.1) is 10.6 Å². The summed E-state index contributed by atoms with van der Waals surface area (Å²) in [5, 5.41) is 8.40. The van der Waals surface area contributed by atoms with Crippen LogP contribution in [-0.4, -0.2) is 34.6 Å². The van der Waals surface area contributed by atoms with Gasteiger partial charge >= 0.3 is 0 Å². The number of hydrogen-bond donors (Lipinski definition) is 0. The van der Waals surface area contributed by atoms with Crippen molar-refractivity contribution >= 4 is 9.84 Å². The first-order chi connectivity index (χ1) is 12.5. The molecule has 0 fully saturated rings. The predicted octanol–water partition coefficient (Wildman–Crippen LogP) is 2.99. The number of hydrogen-bond acceptors (Lipinski definition) is 6. The monoisotopic (exact) mass is 366 g/mol. The van der Waals surface area contributed by atoms with E-state index in [9.17, 15) is 8.42 Å². The molecule has 0 aliphatic rings. The van der Waals surface area contributed by atoms with Crippen molar-refractivity contribution in [2.75, 3.05) is 6.26 Å². The van der Waals surface area contributed by atoms with Gasteiger partial charge in [-0.3, -0.25) is 0 Å². The Labute approximate surface area is 149 Å². The Kier molecular flexibility index (Phi) is 3.89. The van der Waals surface area contributed by atoms with Gasteiger partial charge in [-0.05, 0) is 42.5 Å². The van der Waals surface area contributed by atoms with E-state index in [-0.39, 0.29) is 4.90 Å². The molecule has 0 spiro atoms. The molecule has 0 aliphatic carbocycles. The molecule has 2 aromatic carbocycles. The van der Waals surface area contributed by atoms with Crippen LogP contribution in [-0.2, 0) is 9.84 Å². The van der Waals surface area contributed by atoms with Crippen LogP contribution in [0.1, 0.15) is 0 Å². The third-order valence-corrected chi connectivity index (χ3v) is 4.92. The Bertz CT molecular complexity index is 1150. The Morgan fingerprint density at radius 2 is 1.69 bits per heavy atom. The Balaban J connectivity index is 1.62. The number of nitrogens with zero attached hydrogens (tertiary/aromatic N) is 4. The fourth-order valence-corrected chi connectivity index (χ4v) is 3.09. The van der Waals surface area contributed by atoms with Crippen LogP contribution in [0.3, 0.4) is 0 Å². The van der Waals surface area contributed by atoms with Gasteiger partial charge < -0.3 is 4.52 Å². The van der Waals surface area contributed by atoms with Gasteiger partial charge in [-0.25, -0.2) is 13.1 Å². The molecule has 0 saturated carbocycles. The molecule has 4 aromatic rings. The Morgan fingerprint density at radius 3 is 2.38 bits per heavy atom. The first-order valence-corrected chi connectivity index (χ1v) is 9.65. The molecule has 4 rings (SSSR count). The summed E-state index contributed by atoms with van der Waals surface area (Å²) in [6.07, 6.45) is 2.98. The van der Waals surface area contributed by atoms with Gasteiger partial charge in [0, 0.05) is 18.0 Å². The zero-order chi connectivity index (χ0) is 18.1. The van der Waals surface area contributed by atoms with Gasteiger partial charge in [0.25, 0.3) is 5.89 Å². The highest BCUT2D eigenvalue weighted by molar-refractivity contribution is 7.90. The van der Waals surface area contributed by atoms with Crippen LogP contribution in [0, 0.1) is 0 Å². The van der Waals surface area contributed by atoms with Crippen molar-refractivity contribution in [3.63, 3.8) is 0 Å². The summed E-state index contributed by atoms with van der Waals surface area (Å²) in [6, 6.07) is 17.8. The van der Waals surface area contributed by atoms with E-state index in [2.05, 4.69) is 15.2 Å². The number of rotatable bonds is 4. The van der Waals surface area contributed by atoms with Crippen molar-refractivity contribution in [2.45, 2.75) is 4.90 Å². The van der Waals surface area contributed by atoms with Crippen LogP contribution < -0.4 is 0 Å². The van der Waals surface area contributed by atoms with Crippen molar-refractivity contribution < 1.29 is 12.9 Å². The van der Waals surface area contributed by atoms with Gasteiger partial charge in [0.15, 0.2) is 15.5 Å². The van der Waals surface area contributed by atoms with Gasteiger partial charge in [-0.2, -0.15) is 10.1 Å². The van der Waals surface area contributed by atoms with Crippen molar-refractivity contribution in [1.82, 2.24) is 19.9 Å². The summed E-state index contributed by atoms with van der Waals surface area (Å²) in [5.74, 6) is 0.663. The van der Waals surface area contributed by atoms with Crippen molar-refractivity contribution in [1.29, 1.82) is 0 Å². The molecule has 0 unspecified atom stereocenters. The number of aromatic nitrogens is 4. The van der Waals surface area contributed by atoms with Crippen LogP contribution in [0.5, 0.6) is 0 Å². The van der Waals surface area contributed by atoms with Gasteiger partial charge in [-0.1, -0.05) is 23.4 Å². The SMILES string of the molecule is CS(=O)(=O)c1ccc(-c2noc(-c3ccn(-c4ccccc4)n3)n2)cc1. The molecule has 26 heavy (non-hydrogen) atoms. The lowest BCUT2D eigenvalue weighted by Gasteiger charge is -1.99. The third kappa shape index (κ3) is 3.14. The van der Waals surface area contributed by atoms with E-state index in [1.807, 2.05) is 36.5 Å². The predicted molar refractivity (Wildman–Crippen MR) is 95.4 cm³/mol. The zero-order valence-electron chi connectivity index (χ0n) is 13.8. The normalized spacial score (nSPS) is 11.6. The molecular weight excluding hydrogens is 352 g/mol. The summed E-state index contributed by atoms with van der Waals surface area (Å²) >= 11 is 0. The highest BCUT2D eigenvalue weighted by Gasteiger charge is 2.14. The molecule has 7 nitrogen and oxygen atoms in total. The molecule has 0 aliphatic heterocycles. The molecule has 0 N–H and O–H groups in total. The summed E-state index contributed by atoms with van der Waals surface area (Å²) in [5.41, 5.74) is 2.14. The lowest BCUT2D eigenvalue weighted by molar-refractivity contribution is 0.430. The lowest BCUT2D eigenvalue weighted by atomic mass is 10.2. The average Bonchev–Trinajstić information content (AvgIpc) is 3.31. The van der Waals surface area contributed by atoms with Crippen LogP contribution in [0.25, 0.3) is 28.7 Å². The van der Waals surface area contributed by atoms with Crippen molar-refractivity contribution in [2.24, 2.45) is 0 Å². The van der Waals surface area contributed by atoms with Crippen molar-refractivity contribution in [3.8, 4) is 28.7 Å². The minimum atomic E-state index is -3.24. The second-order valence-electron chi connectivity index (χ2n) is 5.70. The largest absolute Gasteiger partial charge is 0.332 e. The smallest absolute Gasteiger partial charge is 0.278 e. The topological polar surface area (TPSA) is 90.9 Å². The van der Waals surface area contributed by atoms with E-state index in [0.29, 0.717) is 23.0 Å². The molecule has 2 heterocycles. The maximum Gasteiger partial charge on any atom is 0.278 e. The molecule has 2 aromatic heterocycles. The Hall–Kier alpha value is -3.26. The molecule has 8 heteroatoms. The molecule has 0 saturated heterocycles. The molecule has 0 bridgehead atoms. The van der Waals surface area contributed by atoms with E-state index in [4.69, 9.17) is 4.52 Å². The molecule has 0 radical (unpaired) electrons. The fourth-order valence-electron chi connectivity index (χ4n) is 2.46. The van der Waals surface area contributed by atoms with Crippen LogP contribution >= 0.6 is 0 Å². The summed E-state index contributed by atoms with van der Waals surface area (Å²) in [7, 11) is -3.24. The second kappa shape index (κ2) is 6.23. The average molecular weight is 366 g/mol. The summed E-state index contributed by atoms with van der Waals surface area (Å²) < 4.78 is 30.1. The maximum atomic E-state index is 11.5. The summed E-state index contributed by atoms with van der Waals surface area (Å²) in [4.78, 5) is 4.59. The minimum Gasteiger partial charge on any atom is -0.332 e. The van der Waals surface area contributed by atoms with E-state index in [1.165, 1.54) is 12.1 Å². The first kappa shape index (κ1) is 16.2. The van der Waals surface area contributed by atoms with E-state index in [1.54, 1.807) is 22.9 Å². The second-order valence-corrected chi connectivity index (χ2v) is 7.72. The van der Waals surface area contributed by atoms with Crippen LogP contribution in [0.4, 0.5) is 0 Å². The van der Waals surface area contributed by atoms with E-state index in [0.717, 1.165) is 11.9 Å². The molecule has 0 atom stereocenters. The van der Waals surface area contributed by atoms with Gasteiger partial charge in [0.1, 0.15) is 0 Å². The van der Waals surface area contributed by atoms with Gasteiger partial charge in [-0.15, -0.1) is 0 Å². The van der Waals surface area contributed by atoms with Crippen LogP contribution in [0.15, 0.2) is 76.3 Å². The number of benzene rings is 2. The molecule has 130 valence electrons. The fraction of sp³-hybridized carbons (Fsp3) is 0.0556. The molecule has 0 amide bonds. The highest BCUT2D eigenvalue weighted by atomic mass is 32.2.